The summed E-state index contributed by atoms with van der Waals surface area (Å²) >= 11 is 0. The molecule has 0 aromatic heterocycles. The van der Waals surface area contributed by atoms with Gasteiger partial charge in [-0.05, 0) is 19.9 Å². The third kappa shape index (κ3) is 1.70. The molecule has 0 aromatic rings. The smallest absolute Gasteiger partial charge is 0.304 e. The van der Waals surface area contributed by atoms with Gasteiger partial charge < -0.3 is 4.74 Å². The first kappa shape index (κ1) is 7.54. The summed E-state index contributed by atoms with van der Waals surface area (Å²) in [6, 6.07) is 0. The van der Waals surface area contributed by atoms with E-state index < -0.39 is 0 Å². The topological polar surface area (TPSA) is 29.5 Å². The first-order chi connectivity index (χ1) is 4.70. The van der Waals surface area contributed by atoms with Gasteiger partial charge in [-0.2, -0.15) is 0 Å². The van der Waals surface area contributed by atoms with E-state index in [9.17, 15) is 4.79 Å². The molecule has 1 atom stereocenters. The zero-order chi connectivity index (χ0) is 7.56. The Morgan fingerprint density at radius 3 is 2.80 bits per heavy atom. The maximum Gasteiger partial charge on any atom is 0.304 e. The second-order valence-corrected chi connectivity index (χ2v) is 2.69. The Bertz CT molecular complexity index is 136. The molecule has 3 nitrogen and oxygen atoms in total. The van der Waals surface area contributed by atoms with Crippen molar-refractivity contribution >= 4 is 5.97 Å². The third-order valence-electron chi connectivity index (χ3n) is 1.76. The molecule has 0 radical (unpaired) electrons. The zero-order valence-corrected chi connectivity index (χ0v) is 6.46. The van der Waals surface area contributed by atoms with E-state index in [2.05, 4.69) is 4.90 Å². The fourth-order valence-corrected chi connectivity index (χ4v) is 1.22. The first-order valence-corrected chi connectivity index (χ1v) is 3.57. The summed E-state index contributed by atoms with van der Waals surface area (Å²) in [5, 5.41) is 0. The van der Waals surface area contributed by atoms with Crippen molar-refractivity contribution in [2.45, 2.75) is 26.0 Å². The average Bonchev–Trinajstić information content (AvgIpc) is 2.15. The van der Waals surface area contributed by atoms with Gasteiger partial charge in [0.15, 0.2) is 6.23 Å². The molecule has 1 fully saturated rings. The van der Waals surface area contributed by atoms with Crippen LogP contribution >= 0.6 is 0 Å². The second kappa shape index (κ2) is 3.01. The Morgan fingerprint density at radius 1 is 1.70 bits per heavy atom. The van der Waals surface area contributed by atoms with Crippen molar-refractivity contribution in [1.82, 2.24) is 4.90 Å². The Kier molecular flexibility index (Phi) is 2.27. The normalized spacial score (nSPS) is 26.8. The summed E-state index contributed by atoms with van der Waals surface area (Å²) in [6.45, 7) is 2.49. The van der Waals surface area contributed by atoms with Crippen molar-refractivity contribution in [2.75, 3.05) is 13.6 Å². The molecule has 0 N–H and O–H groups in total. The number of carbonyl (C=O) groups excluding carboxylic acids is 1. The van der Waals surface area contributed by atoms with Crippen LogP contribution in [0.2, 0.25) is 0 Å². The van der Waals surface area contributed by atoms with Gasteiger partial charge in [0.25, 0.3) is 0 Å². The zero-order valence-electron chi connectivity index (χ0n) is 6.46. The summed E-state index contributed by atoms with van der Waals surface area (Å²) in [7, 11) is 1.97. The van der Waals surface area contributed by atoms with Crippen molar-refractivity contribution in [3.05, 3.63) is 0 Å². The fraction of sp³-hybridized carbons (Fsp3) is 0.857. The number of nitrogens with zero attached hydrogens (tertiary/aromatic N) is 1. The van der Waals surface area contributed by atoms with Crippen LogP contribution in [0, 0.1) is 0 Å². The van der Waals surface area contributed by atoms with E-state index in [-0.39, 0.29) is 12.2 Å². The lowest BCUT2D eigenvalue weighted by Crippen LogP contribution is -2.29. The van der Waals surface area contributed by atoms with E-state index in [1.54, 1.807) is 0 Å². The second-order valence-electron chi connectivity index (χ2n) is 2.69. The number of hydrogen-bond donors (Lipinski definition) is 0. The van der Waals surface area contributed by atoms with Crippen LogP contribution in [0.3, 0.4) is 0 Å². The molecule has 1 aliphatic heterocycles. The minimum Gasteiger partial charge on any atom is -0.447 e. The highest BCUT2D eigenvalue weighted by atomic mass is 16.6. The van der Waals surface area contributed by atoms with Gasteiger partial charge in [-0.15, -0.1) is 0 Å². The van der Waals surface area contributed by atoms with Crippen molar-refractivity contribution in [3.8, 4) is 0 Å². The SMILES string of the molecule is CC(=O)OC1CCCN1C. The number of esters is 1. The van der Waals surface area contributed by atoms with E-state index in [1.807, 2.05) is 7.05 Å². The van der Waals surface area contributed by atoms with E-state index in [0.29, 0.717) is 0 Å². The standard InChI is InChI=1S/C7H13NO2/c1-6(9)10-7-4-3-5-8(7)2/h7H,3-5H2,1-2H3. The van der Waals surface area contributed by atoms with E-state index in [1.165, 1.54) is 6.92 Å². The van der Waals surface area contributed by atoms with Crippen LogP contribution in [0.25, 0.3) is 0 Å². The molecule has 1 saturated heterocycles. The summed E-state index contributed by atoms with van der Waals surface area (Å²) in [5.74, 6) is -0.182. The van der Waals surface area contributed by atoms with E-state index in [0.717, 1.165) is 19.4 Å². The minimum absolute atomic E-state index is 0.0394. The largest absolute Gasteiger partial charge is 0.447 e. The van der Waals surface area contributed by atoms with E-state index >= 15 is 0 Å². The van der Waals surface area contributed by atoms with Gasteiger partial charge in [-0.1, -0.05) is 0 Å². The van der Waals surface area contributed by atoms with Crippen LogP contribution in [0.1, 0.15) is 19.8 Å². The number of rotatable bonds is 1. The Balaban J connectivity index is 2.33. The fourth-order valence-electron chi connectivity index (χ4n) is 1.22. The van der Waals surface area contributed by atoms with Gasteiger partial charge in [0.2, 0.25) is 0 Å². The van der Waals surface area contributed by atoms with Gasteiger partial charge in [-0.25, -0.2) is 0 Å². The number of likely N-dealkylation sites (tertiary alicyclic amines) is 1. The molecule has 0 amide bonds. The predicted molar refractivity (Wildman–Crippen MR) is 37.4 cm³/mol. The quantitative estimate of drug-likeness (QED) is 0.503. The molecule has 1 rings (SSSR count). The number of hydrogen-bond acceptors (Lipinski definition) is 3. The maximum absolute atomic E-state index is 10.5. The van der Waals surface area contributed by atoms with Crippen LogP contribution in [-0.4, -0.2) is 30.7 Å². The number of ether oxygens (including phenoxy) is 1. The van der Waals surface area contributed by atoms with Gasteiger partial charge in [0, 0.05) is 13.5 Å². The van der Waals surface area contributed by atoms with Crippen LogP contribution in [0.15, 0.2) is 0 Å². The molecule has 0 bridgehead atoms. The van der Waals surface area contributed by atoms with Crippen molar-refractivity contribution in [3.63, 3.8) is 0 Å². The predicted octanol–water partition coefficient (Wildman–Crippen LogP) is 0.601. The molecule has 0 spiro atoms. The summed E-state index contributed by atoms with van der Waals surface area (Å²) in [6.07, 6.45) is 2.15. The monoisotopic (exact) mass is 143 g/mol. The average molecular weight is 143 g/mol. The van der Waals surface area contributed by atoms with Crippen LogP contribution in [0.4, 0.5) is 0 Å². The Hall–Kier alpha value is -0.570. The lowest BCUT2D eigenvalue weighted by Gasteiger charge is -2.18. The van der Waals surface area contributed by atoms with E-state index in [4.69, 9.17) is 4.74 Å². The molecular weight excluding hydrogens is 130 g/mol. The van der Waals surface area contributed by atoms with Crippen molar-refractivity contribution in [2.24, 2.45) is 0 Å². The number of carbonyl (C=O) groups is 1. The van der Waals surface area contributed by atoms with Crippen LogP contribution < -0.4 is 0 Å². The van der Waals surface area contributed by atoms with Gasteiger partial charge in [0.1, 0.15) is 0 Å². The molecule has 0 saturated carbocycles. The third-order valence-corrected chi connectivity index (χ3v) is 1.76. The summed E-state index contributed by atoms with van der Waals surface area (Å²) in [4.78, 5) is 12.6. The summed E-state index contributed by atoms with van der Waals surface area (Å²) in [5.41, 5.74) is 0. The Morgan fingerprint density at radius 2 is 2.40 bits per heavy atom. The molecule has 1 unspecified atom stereocenters. The highest BCUT2D eigenvalue weighted by Gasteiger charge is 2.22. The lowest BCUT2D eigenvalue weighted by atomic mass is 10.4. The molecule has 10 heavy (non-hydrogen) atoms. The summed E-state index contributed by atoms with van der Waals surface area (Å²) < 4.78 is 5.01. The first-order valence-electron chi connectivity index (χ1n) is 3.57. The van der Waals surface area contributed by atoms with Crippen molar-refractivity contribution in [1.29, 1.82) is 0 Å². The minimum atomic E-state index is -0.182. The van der Waals surface area contributed by atoms with Crippen LogP contribution in [0.5, 0.6) is 0 Å². The highest BCUT2D eigenvalue weighted by molar-refractivity contribution is 5.66. The molecule has 1 heterocycles. The molecule has 3 heteroatoms. The van der Waals surface area contributed by atoms with Gasteiger partial charge in [-0.3, -0.25) is 9.69 Å². The van der Waals surface area contributed by atoms with Crippen LogP contribution in [-0.2, 0) is 9.53 Å². The molecular formula is C7H13NO2. The lowest BCUT2D eigenvalue weighted by molar-refractivity contribution is -0.152. The molecule has 58 valence electrons. The Labute approximate surface area is 61.0 Å². The molecule has 0 aromatic carbocycles. The van der Waals surface area contributed by atoms with Crippen molar-refractivity contribution < 1.29 is 9.53 Å². The molecule has 1 aliphatic rings. The molecule has 0 aliphatic carbocycles. The maximum atomic E-state index is 10.5. The van der Waals surface area contributed by atoms with Gasteiger partial charge >= 0.3 is 5.97 Å². The highest BCUT2D eigenvalue weighted by Crippen LogP contribution is 2.15. The van der Waals surface area contributed by atoms with Gasteiger partial charge in [0.05, 0.1) is 0 Å².